The van der Waals surface area contributed by atoms with Gasteiger partial charge in [-0.3, -0.25) is 0 Å². The molecule has 1 atom stereocenters. The minimum Gasteiger partial charge on any atom is -0.507 e. The first-order valence-electron chi connectivity index (χ1n) is 9.54. The van der Waals surface area contributed by atoms with Gasteiger partial charge < -0.3 is 20.2 Å². The lowest BCUT2D eigenvalue weighted by molar-refractivity contribution is 0.477. The third kappa shape index (κ3) is 3.98. The summed E-state index contributed by atoms with van der Waals surface area (Å²) in [7, 11) is 1.85. The SMILES string of the molecule is CNc1nnc(-c2ccccc2O)cc1N1CCN(c2ccc(Br)cn2)C[C@@H]1C. The summed E-state index contributed by atoms with van der Waals surface area (Å²) in [5, 5.41) is 22.0. The second-order valence-electron chi connectivity index (χ2n) is 7.05. The number of hydrogen-bond donors (Lipinski definition) is 2. The van der Waals surface area contributed by atoms with Gasteiger partial charge in [-0.05, 0) is 53.2 Å². The minimum atomic E-state index is 0.198. The van der Waals surface area contributed by atoms with Crippen molar-refractivity contribution in [1.82, 2.24) is 15.2 Å². The fourth-order valence-electron chi connectivity index (χ4n) is 3.68. The Kier molecular flexibility index (Phi) is 5.53. The summed E-state index contributed by atoms with van der Waals surface area (Å²) in [5.74, 6) is 1.91. The van der Waals surface area contributed by atoms with Gasteiger partial charge in [0.05, 0.1) is 11.4 Å². The molecule has 0 spiro atoms. The Morgan fingerprint density at radius 2 is 1.97 bits per heavy atom. The van der Waals surface area contributed by atoms with E-state index in [1.54, 1.807) is 12.1 Å². The van der Waals surface area contributed by atoms with Gasteiger partial charge in [-0.2, -0.15) is 0 Å². The number of pyridine rings is 1. The van der Waals surface area contributed by atoms with Gasteiger partial charge in [-0.25, -0.2) is 4.98 Å². The molecule has 0 saturated carbocycles. The lowest BCUT2D eigenvalue weighted by atomic mass is 10.1. The number of phenols is 1. The molecule has 1 aliphatic heterocycles. The highest BCUT2D eigenvalue weighted by molar-refractivity contribution is 9.10. The number of rotatable bonds is 4. The topological polar surface area (TPSA) is 77.4 Å². The Morgan fingerprint density at radius 3 is 2.66 bits per heavy atom. The summed E-state index contributed by atoms with van der Waals surface area (Å²) >= 11 is 3.44. The zero-order chi connectivity index (χ0) is 20.4. The zero-order valence-corrected chi connectivity index (χ0v) is 18.0. The normalized spacial score (nSPS) is 16.7. The monoisotopic (exact) mass is 454 g/mol. The molecule has 1 aromatic carbocycles. The lowest BCUT2D eigenvalue weighted by Crippen LogP contribution is -2.52. The predicted molar refractivity (Wildman–Crippen MR) is 120 cm³/mol. The standard InChI is InChI=1S/C21H23BrN6O/c1-14-13-27(20-8-7-15(22)12-24-20)9-10-28(14)18-11-17(25-26-21(18)23-2)16-5-3-4-6-19(16)29/h3-8,11-12,14,29H,9-10,13H2,1-2H3,(H,23,26)/t14-/m0/s1. The van der Waals surface area contributed by atoms with Crippen molar-refractivity contribution >= 4 is 33.3 Å². The molecule has 1 aliphatic rings. The number of halogens is 1. The second-order valence-corrected chi connectivity index (χ2v) is 7.97. The largest absolute Gasteiger partial charge is 0.507 e. The maximum atomic E-state index is 10.2. The van der Waals surface area contributed by atoms with Crippen LogP contribution in [0.5, 0.6) is 5.75 Å². The van der Waals surface area contributed by atoms with Gasteiger partial charge >= 0.3 is 0 Å². The molecular weight excluding hydrogens is 432 g/mol. The van der Waals surface area contributed by atoms with Gasteiger partial charge in [-0.15, -0.1) is 10.2 Å². The van der Waals surface area contributed by atoms with Crippen LogP contribution in [-0.4, -0.2) is 53.0 Å². The third-order valence-corrected chi connectivity index (χ3v) is 5.63. The Labute approximate surface area is 178 Å². The highest BCUT2D eigenvalue weighted by Crippen LogP contribution is 2.34. The Bertz CT molecular complexity index is 997. The molecule has 1 saturated heterocycles. The smallest absolute Gasteiger partial charge is 0.172 e. The van der Waals surface area contributed by atoms with Crippen molar-refractivity contribution in [3.05, 3.63) is 53.1 Å². The van der Waals surface area contributed by atoms with Crippen LogP contribution in [-0.2, 0) is 0 Å². The molecule has 3 aromatic rings. The van der Waals surface area contributed by atoms with E-state index >= 15 is 0 Å². The van der Waals surface area contributed by atoms with Crippen LogP contribution in [0.3, 0.4) is 0 Å². The summed E-state index contributed by atoms with van der Waals surface area (Å²) < 4.78 is 0.978. The maximum absolute atomic E-state index is 10.2. The Morgan fingerprint density at radius 1 is 1.14 bits per heavy atom. The summed E-state index contributed by atoms with van der Waals surface area (Å²) in [5.41, 5.74) is 2.31. The lowest BCUT2D eigenvalue weighted by Gasteiger charge is -2.42. The Hall–Kier alpha value is -2.87. The van der Waals surface area contributed by atoms with E-state index in [9.17, 15) is 5.11 Å². The molecule has 150 valence electrons. The maximum Gasteiger partial charge on any atom is 0.172 e. The van der Waals surface area contributed by atoms with E-state index in [2.05, 4.69) is 53.2 Å². The van der Waals surface area contributed by atoms with Crippen LogP contribution in [0.2, 0.25) is 0 Å². The molecule has 2 aromatic heterocycles. The molecule has 4 rings (SSSR count). The summed E-state index contributed by atoms with van der Waals surface area (Å²) in [6.07, 6.45) is 1.83. The number of nitrogens with zero attached hydrogens (tertiary/aromatic N) is 5. The molecule has 0 bridgehead atoms. The molecule has 3 heterocycles. The molecule has 2 N–H and O–H groups in total. The quantitative estimate of drug-likeness (QED) is 0.620. The number of aromatic nitrogens is 3. The van der Waals surface area contributed by atoms with E-state index in [0.29, 0.717) is 11.3 Å². The van der Waals surface area contributed by atoms with Crippen molar-refractivity contribution in [3.63, 3.8) is 0 Å². The van der Waals surface area contributed by atoms with Crippen molar-refractivity contribution < 1.29 is 5.11 Å². The molecule has 1 fully saturated rings. The molecule has 0 aliphatic carbocycles. The van der Waals surface area contributed by atoms with Gasteiger partial charge in [0.15, 0.2) is 5.82 Å². The van der Waals surface area contributed by atoms with Gasteiger partial charge in [0.2, 0.25) is 0 Å². The van der Waals surface area contributed by atoms with E-state index in [0.717, 1.165) is 41.4 Å². The van der Waals surface area contributed by atoms with Crippen molar-refractivity contribution in [1.29, 1.82) is 0 Å². The van der Waals surface area contributed by atoms with Crippen molar-refractivity contribution in [2.24, 2.45) is 0 Å². The van der Waals surface area contributed by atoms with Crippen molar-refractivity contribution in [3.8, 4) is 17.0 Å². The molecule has 0 unspecified atom stereocenters. The number of anilines is 3. The van der Waals surface area contributed by atoms with Crippen LogP contribution in [0.15, 0.2) is 53.1 Å². The number of aromatic hydroxyl groups is 1. The number of para-hydroxylation sites is 1. The van der Waals surface area contributed by atoms with E-state index in [4.69, 9.17) is 0 Å². The first-order valence-corrected chi connectivity index (χ1v) is 10.3. The predicted octanol–water partition coefficient (Wildman–Crippen LogP) is 3.76. The molecule has 29 heavy (non-hydrogen) atoms. The van der Waals surface area contributed by atoms with Gasteiger partial charge in [-0.1, -0.05) is 12.1 Å². The van der Waals surface area contributed by atoms with Crippen LogP contribution >= 0.6 is 15.9 Å². The van der Waals surface area contributed by atoms with Crippen LogP contribution < -0.4 is 15.1 Å². The Balaban J connectivity index is 1.61. The number of benzene rings is 1. The van der Waals surface area contributed by atoms with Gasteiger partial charge in [0, 0.05) is 49.0 Å². The molecule has 8 heteroatoms. The highest BCUT2D eigenvalue weighted by atomic mass is 79.9. The van der Waals surface area contributed by atoms with Crippen LogP contribution in [0.4, 0.5) is 17.3 Å². The zero-order valence-electron chi connectivity index (χ0n) is 16.4. The number of piperazine rings is 1. The first-order chi connectivity index (χ1) is 14.1. The average Bonchev–Trinajstić information content (AvgIpc) is 2.74. The highest BCUT2D eigenvalue weighted by Gasteiger charge is 2.27. The van der Waals surface area contributed by atoms with Crippen molar-refractivity contribution in [2.75, 3.05) is 41.8 Å². The molecule has 7 nitrogen and oxygen atoms in total. The van der Waals surface area contributed by atoms with E-state index < -0.39 is 0 Å². The first kappa shape index (κ1) is 19.4. The van der Waals surface area contributed by atoms with E-state index in [1.165, 1.54) is 0 Å². The number of phenolic OH excluding ortho intramolecular Hbond substituents is 1. The fourth-order valence-corrected chi connectivity index (χ4v) is 3.91. The molecular formula is C21H23BrN6O. The van der Waals surface area contributed by atoms with E-state index in [1.807, 2.05) is 43.6 Å². The molecule has 0 radical (unpaired) electrons. The van der Waals surface area contributed by atoms with Gasteiger partial charge in [0.25, 0.3) is 0 Å². The van der Waals surface area contributed by atoms with Crippen LogP contribution in [0.1, 0.15) is 6.92 Å². The summed E-state index contributed by atoms with van der Waals surface area (Å²) in [4.78, 5) is 9.16. The van der Waals surface area contributed by atoms with Crippen LogP contribution in [0, 0.1) is 0 Å². The number of hydrogen-bond acceptors (Lipinski definition) is 7. The van der Waals surface area contributed by atoms with Crippen molar-refractivity contribution in [2.45, 2.75) is 13.0 Å². The summed E-state index contributed by atoms with van der Waals surface area (Å²) in [6, 6.07) is 13.5. The number of nitrogens with one attached hydrogen (secondary N) is 1. The minimum absolute atomic E-state index is 0.198. The fraction of sp³-hybridized carbons (Fsp3) is 0.286. The summed E-state index contributed by atoms with van der Waals surface area (Å²) in [6.45, 7) is 4.74. The van der Waals surface area contributed by atoms with Crippen LogP contribution in [0.25, 0.3) is 11.3 Å². The average molecular weight is 455 g/mol. The second kappa shape index (κ2) is 8.24. The van der Waals surface area contributed by atoms with Gasteiger partial charge in [0.1, 0.15) is 11.6 Å². The molecule has 0 amide bonds. The third-order valence-electron chi connectivity index (χ3n) is 5.16. The van der Waals surface area contributed by atoms with E-state index in [-0.39, 0.29) is 11.8 Å².